The number of aliphatic carboxylic acids is 1. The molecule has 6 heterocycles. The van der Waals surface area contributed by atoms with Crippen molar-refractivity contribution in [2.24, 2.45) is 0 Å². The second-order valence-electron chi connectivity index (χ2n) is 14.7. The Balaban J connectivity index is 0.000000375. The van der Waals surface area contributed by atoms with Gasteiger partial charge in [-0.1, -0.05) is 25.0 Å². The number of aromatic nitrogens is 2. The number of carbonyl (C=O) groups is 4. The number of rotatable bonds is 17. The molecule has 17 heteroatoms. The molecule has 0 atom stereocenters. The van der Waals surface area contributed by atoms with Gasteiger partial charge in [0.25, 0.3) is 0 Å². The monoisotopic (exact) mass is 790 g/mol. The molecule has 16 nitrogen and oxygen atoms in total. The number of aryl methyl sites for hydroxylation is 4. The summed E-state index contributed by atoms with van der Waals surface area (Å²) in [6.45, 7) is 9.31. The van der Waals surface area contributed by atoms with Gasteiger partial charge in [-0.3, -0.25) is 29.0 Å². The number of hydrogen-bond donors (Lipinski definition) is 3. The van der Waals surface area contributed by atoms with E-state index in [-0.39, 0.29) is 60.7 Å². The fourth-order valence-electron chi connectivity index (χ4n) is 7.41. The van der Waals surface area contributed by atoms with Gasteiger partial charge in [0.05, 0.1) is 19.7 Å². The number of hydrogen-bond acceptors (Lipinski definition) is 12. The van der Waals surface area contributed by atoms with Gasteiger partial charge in [0.1, 0.15) is 24.7 Å². The van der Waals surface area contributed by atoms with E-state index in [0.29, 0.717) is 32.8 Å². The van der Waals surface area contributed by atoms with Crippen molar-refractivity contribution < 1.29 is 58.8 Å². The van der Waals surface area contributed by atoms with Crippen LogP contribution < -0.4 is 29.5 Å². The van der Waals surface area contributed by atoms with Gasteiger partial charge in [0.15, 0.2) is 0 Å². The zero-order valence-corrected chi connectivity index (χ0v) is 34.1. The van der Waals surface area contributed by atoms with Crippen LogP contribution in [0.5, 0.6) is 0 Å². The van der Waals surface area contributed by atoms with Crippen molar-refractivity contribution in [1.29, 1.82) is 0 Å². The van der Waals surface area contributed by atoms with Crippen molar-refractivity contribution in [2.75, 3.05) is 95.8 Å². The van der Waals surface area contributed by atoms with Crippen LogP contribution in [-0.2, 0) is 49.6 Å². The summed E-state index contributed by atoms with van der Waals surface area (Å²) in [6, 6.07) is 8.72. The number of unbranched alkanes of at least 4 members (excludes halogenated alkanes) is 4. The topological polar surface area (TPSA) is 222 Å². The van der Waals surface area contributed by atoms with Gasteiger partial charge >= 0.3 is 30.8 Å². The quantitative estimate of drug-likeness (QED) is 0.102. The minimum absolute atomic E-state index is 0. The molecule has 57 heavy (non-hydrogen) atoms. The molecule has 6 rings (SSSR count). The second-order valence-corrected chi connectivity index (χ2v) is 14.7. The summed E-state index contributed by atoms with van der Waals surface area (Å²) in [6.07, 6.45) is 13.2. The largest absolute Gasteiger partial charge is 1.00 e. The van der Waals surface area contributed by atoms with Gasteiger partial charge in [-0.15, -0.1) is 0 Å². The van der Waals surface area contributed by atoms with E-state index in [2.05, 4.69) is 44.7 Å². The summed E-state index contributed by atoms with van der Waals surface area (Å²) in [5.74, 6) is 0.803. The van der Waals surface area contributed by atoms with Crippen molar-refractivity contribution in [3.63, 3.8) is 0 Å². The van der Waals surface area contributed by atoms with E-state index >= 15 is 0 Å². The van der Waals surface area contributed by atoms with Crippen LogP contribution in [-0.4, -0.2) is 155 Å². The number of carbonyl (C=O) groups excluding carboxylic acids is 3. The number of nitrogens with one attached hydrogen (secondary N) is 2. The summed E-state index contributed by atoms with van der Waals surface area (Å²) in [4.78, 5) is 63.2. The number of piperazine rings is 2. The zero-order valence-electron chi connectivity index (χ0n) is 34.1. The number of nitrogens with zero attached hydrogens (tertiary/aromatic N) is 6. The number of fused-ring (bicyclic) bond motifs is 2. The first-order valence-corrected chi connectivity index (χ1v) is 20.1. The molecule has 4 aliphatic heterocycles. The Morgan fingerprint density at radius 2 is 1.19 bits per heavy atom. The molecular formula is C40H63LiN8O8. The summed E-state index contributed by atoms with van der Waals surface area (Å²) in [5.41, 5.74) is 4.97. The third-order valence-electron chi connectivity index (χ3n) is 10.5. The van der Waals surface area contributed by atoms with Crippen molar-refractivity contribution >= 4 is 35.4 Å². The second kappa shape index (κ2) is 26.3. The average Bonchev–Trinajstić information content (AvgIpc) is 3.17. The van der Waals surface area contributed by atoms with Crippen LogP contribution in [0.15, 0.2) is 24.3 Å². The molecule has 312 valence electrons. The molecule has 0 aromatic carbocycles. The molecule has 2 fully saturated rings. The molecular weight excluding hydrogens is 727 g/mol. The van der Waals surface area contributed by atoms with Gasteiger partial charge < -0.3 is 41.2 Å². The maximum absolute atomic E-state index is 12.2. The smallest absolute Gasteiger partial charge is 0.870 e. The third kappa shape index (κ3) is 16.5. The predicted octanol–water partition coefficient (Wildman–Crippen LogP) is -0.756. The fraction of sp³-hybridized carbons (Fsp3) is 0.650. The molecule has 2 amide bonds. The van der Waals surface area contributed by atoms with Crippen LogP contribution in [0.2, 0.25) is 0 Å². The van der Waals surface area contributed by atoms with Gasteiger partial charge in [0.2, 0.25) is 11.8 Å². The molecule has 0 unspecified atom stereocenters. The van der Waals surface area contributed by atoms with Crippen LogP contribution in [0.1, 0.15) is 80.8 Å². The minimum Gasteiger partial charge on any atom is -0.870 e. The van der Waals surface area contributed by atoms with Gasteiger partial charge in [-0.25, -0.2) is 9.97 Å². The zero-order chi connectivity index (χ0) is 38.1. The van der Waals surface area contributed by atoms with Crippen LogP contribution in [0.4, 0.5) is 11.6 Å². The predicted molar refractivity (Wildman–Crippen MR) is 213 cm³/mol. The van der Waals surface area contributed by atoms with Crippen LogP contribution >= 0.6 is 0 Å². The first-order chi connectivity index (χ1) is 26.3. The number of amides is 2. The van der Waals surface area contributed by atoms with Crippen molar-refractivity contribution in [1.82, 2.24) is 29.6 Å². The number of carboxylic acids is 1. The van der Waals surface area contributed by atoms with Crippen LogP contribution in [0, 0.1) is 0 Å². The summed E-state index contributed by atoms with van der Waals surface area (Å²) < 4.78 is 4.92. The molecule has 0 bridgehead atoms. The van der Waals surface area contributed by atoms with Crippen molar-refractivity contribution in [3.8, 4) is 0 Å². The molecule has 0 aliphatic carbocycles. The Labute approximate surface area is 349 Å². The number of esters is 1. The first-order valence-electron chi connectivity index (χ1n) is 20.1. The standard InChI is InChI=1S/C21H32N4O3.C19H28N4O3.Li.2H2O/c1-2-28-20(27)16-25-14-13-24(15-19(25)26)12-5-3-4-8-18-10-9-17-7-6-11-22-21(17)23-18;24-17-13-22(11-12-23(17)14-18(25)26)10-3-1-2-6-16-8-7-15-5-4-9-20-19(15)21-16;;;/h9-10H,2-8,11-16H2,1H3,(H,22,23);7-8H,1-6,9-14H2,(H,20,21)(H,25,26);;2*1H2/q;;+1;;/p-1. The fourth-order valence-corrected chi connectivity index (χ4v) is 7.41. The van der Waals surface area contributed by atoms with Crippen LogP contribution in [0.3, 0.4) is 0 Å². The maximum Gasteiger partial charge on any atom is 1.00 e. The van der Waals surface area contributed by atoms with Gasteiger partial charge in [-0.2, -0.15) is 0 Å². The van der Waals surface area contributed by atoms with E-state index in [1.165, 1.54) is 28.9 Å². The number of pyridine rings is 2. The minimum atomic E-state index is -0.946. The average molecular weight is 791 g/mol. The van der Waals surface area contributed by atoms with E-state index in [4.69, 9.17) is 19.8 Å². The van der Waals surface area contributed by atoms with Gasteiger partial charge in [-0.05, 0) is 107 Å². The van der Waals surface area contributed by atoms with E-state index in [1.54, 1.807) is 11.8 Å². The number of anilines is 2. The number of carboxylic acid groups (broad SMARTS) is 1. The Kier molecular flexibility index (Phi) is 22.7. The van der Waals surface area contributed by atoms with E-state index in [9.17, 15) is 19.2 Å². The van der Waals surface area contributed by atoms with Gasteiger partial charge in [0, 0.05) is 50.7 Å². The molecule has 2 aromatic rings. The third-order valence-corrected chi connectivity index (χ3v) is 10.5. The summed E-state index contributed by atoms with van der Waals surface area (Å²) in [5, 5.41) is 15.6. The van der Waals surface area contributed by atoms with E-state index < -0.39 is 5.97 Å². The van der Waals surface area contributed by atoms with E-state index in [1.807, 2.05) is 0 Å². The normalized spacial score (nSPS) is 16.5. The summed E-state index contributed by atoms with van der Waals surface area (Å²) >= 11 is 0. The molecule has 2 aromatic heterocycles. The maximum atomic E-state index is 12.2. The first kappa shape index (κ1) is 49.4. The molecule has 6 N–H and O–H groups in total. The summed E-state index contributed by atoms with van der Waals surface area (Å²) in [7, 11) is 0. The Morgan fingerprint density at radius 1 is 0.719 bits per heavy atom. The van der Waals surface area contributed by atoms with Crippen LogP contribution in [0.25, 0.3) is 0 Å². The number of ether oxygens (including phenoxy) is 1. The Morgan fingerprint density at radius 3 is 1.63 bits per heavy atom. The molecule has 4 aliphatic rings. The van der Waals surface area contributed by atoms with E-state index in [0.717, 1.165) is 127 Å². The molecule has 2 saturated heterocycles. The molecule has 0 saturated carbocycles. The Hall–Kier alpha value is -3.78. The van der Waals surface area contributed by atoms with Crippen molar-refractivity contribution in [3.05, 3.63) is 46.8 Å². The molecule has 0 radical (unpaired) electrons. The van der Waals surface area contributed by atoms with Crippen molar-refractivity contribution in [2.45, 2.75) is 84.0 Å². The SMILES string of the molecule is CCOC(=O)CN1CCN(CCCCCc2ccc3c(n2)NCCC3)CC1=O.O.O=C(O)CN1CCN(CCCCCc2ccc3c(n2)NCCC3)CC1=O.[Li+].[OH-]. The Bertz CT molecular complexity index is 1570. The molecule has 0 spiro atoms.